The molecule has 0 aliphatic carbocycles. The van der Waals surface area contributed by atoms with Crippen LogP contribution in [0.1, 0.15) is 11.3 Å². The van der Waals surface area contributed by atoms with Crippen molar-refractivity contribution in [3.63, 3.8) is 0 Å². The second-order valence-corrected chi connectivity index (χ2v) is 7.37. The van der Waals surface area contributed by atoms with E-state index in [1.807, 2.05) is 0 Å². The first-order chi connectivity index (χ1) is 14.2. The second-order valence-electron chi connectivity index (χ2n) is 6.45. The van der Waals surface area contributed by atoms with Crippen LogP contribution >= 0.6 is 15.9 Å². The molecule has 4 aromatic rings. The van der Waals surface area contributed by atoms with Crippen LogP contribution in [0.5, 0.6) is 0 Å². The number of rotatable bonds is 5. The molecule has 2 aromatic heterocycles. The van der Waals surface area contributed by atoms with Crippen LogP contribution in [0.15, 0.2) is 53.4 Å². The van der Waals surface area contributed by atoms with E-state index in [-0.39, 0.29) is 5.52 Å². The lowest BCUT2D eigenvalue weighted by Gasteiger charge is -2.35. The molecule has 4 rings (SSSR count). The van der Waals surface area contributed by atoms with Crippen molar-refractivity contribution in [1.29, 1.82) is 0 Å². The zero-order valence-electron chi connectivity index (χ0n) is 14.8. The van der Waals surface area contributed by atoms with Crippen LogP contribution in [-0.4, -0.2) is 35.3 Å². The zero-order valence-corrected chi connectivity index (χ0v) is 16.4. The largest absolute Gasteiger partial charge is 0.377 e. The maximum absolute atomic E-state index is 15.7. The highest BCUT2D eigenvalue weighted by molar-refractivity contribution is 9.10. The summed E-state index contributed by atoms with van der Waals surface area (Å²) in [5.41, 5.74) is -4.49. The summed E-state index contributed by atoms with van der Waals surface area (Å²) in [4.78, 5) is 7.87. The van der Waals surface area contributed by atoms with E-state index in [2.05, 4.69) is 41.4 Å². The Morgan fingerprint density at radius 3 is 2.57 bits per heavy atom. The molecule has 2 heterocycles. The van der Waals surface area contributed by atoms with Crippen molar-refractivity contribution in [2.24, 2.45) is 0 Å². The Bertz CT molecular complexity index is 1220. The molecule has 2 aromatic carbocycles. The minimum atomic E-state index is -4.16. The molecule has 0 fully saturated rings. The van der Waals surface area contributed by atoms with E-state index in [0.717, 1.165) is 29.3 Å². The lowest BCUT2D eigenvalue weighted by atomic mass is 9.85. The lowest BCUT2D eigenvalue weighted by Crippen LogP contribution is -2.48. The van der Waals surface area contributed by atoms with Crippen LogP contribution in [0.4, 0.5) is 17.6 Å². The van der Waals surface area contributed by atoms with Crippen LogP contribution < -0.4 is 0 Å². The fourth-order valence-corrected chi connectivity index (χ4v) is 3.36. The van der Waals surface area contributed by atoms with Gasteiger partial charge in [0.05, 0.1) is 23.8 Å². The standard InChI is InChI=1S/C18H11BrF4N6O/c19-10-1-4-14-15(5-10)24-7-16(26-14)18(22,23)17(30,8-29-9-25-27-28-29)12-3-2-11(20)6-13(12)21/h1-7,9,30H,8H2. The van der Waals surface area contributed by atoms with Gasteiger partial charge in [-0.2, -0.15) is 8.78 Å². The van der Waals surface area contributed by atoms with E-state index < -0.39 is 41.0 Å². The van der Waals surface area contributed by atoms with Gasteiger partial charge >= 0.3 is 5.92 Å². The number of nitrogens with zero attached hydrogens (tertiary/aromatic N) is 6. The molecule has 0 spiro atoms. The third kappa shape index (κ3) is 3.41. The fourth-order valence-electron chi connectivity index (χ4n) is 3.01. The maximum Gasteiger partial charge on any atom is 0.325 e. The van der Waals surface area contributed by atoms with Crippen LogP contribution in [0.3, 0.4) is 0 Å². The van der Waals surface area contributed by atoms with E-state index >= 15 is 8.78 Å². The van der Waals surface area contributed by atoms with Gasteiger partial charge in [-0.1, -0.05) is 15.9 Å². The van der Waals surface area contributed by atoms with Gasteiger partial charge in [0.15, 0.2) is 5.60 Å². The maximum atomic E-state index is 15.7. The molecule has 1 unspecified atom stereocenters. The Morgan fingerprint density at radius 1 is 1.07 bits per heavy atom. The van der Waals surface area contributed by atoms with Crippen molar-refractivity contribution < 1.29 is 22.7 Å². The molecule has 0 bridgehead atoms. The number of aliphatic hydroxyl groups is 1. The van der Waals surface area contributed by atoms with Gasteiger partial charge in [0.25, 0.3) is 0 Å². The summed E-state index contributed by atoms with van der Waals surface area (Å²) in [7, 11) is 0. The third-order valence-corrected chi connectivity index (χ3v) is 5.00. The van der Waals surface area contributed by atoms with Gasteiger partial charge in [-0.3, -0.25) is 4.98 Å². The Morgan fingerprint density at radius 2 is 1.87 bits per heavy atom. The average Bonchev–Trinajstić information content (AvgIpc) is 3.20. The summed E-state index contributed by atoms with van der Waals surface area (Å²) in [5.74, 6) is -6.50. The van der Waals surface area contributed by atoms with E-state index in [0.29, 0.717) is 16.1 Å². The molecule has 0 aliphatic rings. The number of tetrazole rings is 1. The molecule has 0 aliphatic heterocycles. The Hall–Kier alpha value is -2.99. The molecule has 0 radical (unpaired) electrons. The number of hydrogen-bond acceptors (Lipinski definition) is 6. The number of halogens is 5. The van der Waals surface area contributed by atoms with E-state index in [1.165, 1.54) is 6.07 Å². The van der Waals surface area contributed by atoms with Crippen LogP contribution in [-0.2, 0) is 18.1 Å². The van der Waals surface area contributed by atoms with Crippen LogP contribution in [0, 0.1) is 11.6 Å². The Kier molecular flexibility index (Phi) is 4.98. The van der Waals surface area contributed by atoms with Gasteiger partial charge in [-0.05, 0) is 40.8 Å². The fraction of sp³-hybridized carbons (Fsp3) is 0.167. The molecule has 1 N–H and O–H groups in total. The van der Waals surface area contributed by atoms with Crippen molar-refractivity contribution in [3.05, 3.63) is 76.3 Å². The van der Waals surface area contributed by atoms with Gasteiger partial charge in [0.2, 0.25) is 0 Å². The third-order valence-electron chi connectivity index (χ3n) is 4.50. The van der Waals surface area contributed by atoms with Crippen molar-refractivity contribution in [2.45, 2.75) is 18.1 Å². The highest BCUT2D eigenvalue weighted by Gasteiger charge is 2.58. The van der Waals surface area contributed by atoms with Crippen molar-refractivity contribution >= 4 is 27.0 Å². The lowest BCUT2D eigenvalue weighted by molar-refractivity contribution is -0.207. The first-order valence-corrected chi connectivity index (χ1v) is 9.19. The van der Waals surface area contributed by atoms with Gasteiger partial charge in [0.1, 0.15) is 23.7 Å². The van der Waals surface area contributed by atoms with Crippen molar-refractivity contribution in [1.82, 2.24) is 30.2 Å². The first kappa shape index (κ1) is 20.3. The highest BCUT2D eigenvalue weighted by atomic mass is 79.9. The first-order valence-electron chi connectivity index (χ1n) is 8.40. The number of alkyl halides is 2. The zero-order chi connectivity index (χ0) is 21.5. The van der Waals surface area contributed by atoms with Gasteiger partial charge in [0, 0.05) is 16.1 Å². The smallest absolute Gasteiger partial charge is 0.325 e. The summed E-state index contributed by atoms with van der Waals surface area (Å²) in [6.45, 7) is -0.935. The minimum absolute atomic E-state index is 0.139. The van der Waals surface area contributed by atoms with E-state index in [4.69, 9.17) is 0 Å². The molecule has 12 heteroatoms. The summed E-state index contributed by atoms with van der Waals surface area (Å²) in [5, 5.41) is 21.2. The molecule has 0 amide bonds. The van der Waals surface area contributed by atoms with Crippen LogP contribution in [0.2, 0.25) is 0 Å². The Labute approximate surface area is 174 Å². The van der Waals surface area contributed by atoms with Gasteiger partial charge < -0.3 is 5.11 Å². The van der Waals surface area contributed by atoms with E-state index in [1.54, 1.807) is 12.1 Å². The molecule has 1 atom stereocenters. The second kappa shape index (κ2) is 7.36. The van der Waals surface area contributed by atoms with Crippen LogP contribution in [0.25, 0.3) is 11.0 Å². The summed E-state index contributed by atoms with van der Waals surface area (Å²) >= 11 is 3.25. The van der Waals surface area contributed by atoms with Gasteiger partial charge in [-0.15, -0.1) is 5.10 Å². The predicted molar refractivity (Wildman–Crippen MR) is 99.2 cm³/mol. The SMILES string of the molecule is OC(Cn1cnnn1)(c1ccc(F)cc1F)C(F)(F)c1cnc2cc(Br)ccc2n1. The minimum Gasteiger partial charge on any atom is -0.377 e. The van der Waals surface area contributed by atoms with Gasteiger partial charge in [-0.25, -0.2) is 18.4 Å². The number of aromatic nitrogens is 6. The molecular formula is C18H11BrF4N6O. The molecular weight excluding hydrogens is 472 g/mol. The summed E-state index contributed by atoms with van der Waals surface area (Å²) in [6.07, 6.45) is 1.77. The molecule has 30 heavy (non-hydrogen) atoms. The van der Waals surface area contributed by atoms with Crippen molar-refractivity contribution in [2.75, 3.05) is 0 Å². The number of benzene rings is 2. The molecule has 154 valence electrons. The number of fused-ring (bicyclic) bond motifs is 1. The molecule has 0 saturated carbocycles. The predicted octanol–water partition coefficient (Wildman–Crippen LogP) is 3.34. The monoisotopic (exact) mass is 482 g/mol. The topological polar surface area (TPSA) is 89.6 Å². The number of hydrogen-bond donors (Lipinski definition) is 1. The summed E-state index contributed by atoms with van der Waals surface area (Å²) in [6, 6.07) is 6.55. The quantitative estimate of drug-likeness (QED) is 0.439. The average molecular weight is 483 g/mol. The summed E-state index contributed by atoms with van der Waals surface area (Å²) < 4.78 is 60.7. The highest BCUT2D eigenvalue weighted by Crippen LogP contribution is 2.46. The van der Waals surface area contributed by atoms with Crippen molar-refractivity contribution in [3.8, 4) is 0 Å². The molecule has 7 nitrogen and oxygen atoms in total. The van der Waals surface area contributed by atoms with E-state index in [9.17, 15) is 13.9 Å². The Balaban J connectivity index is 1.89. The normalized spacial score (nSPS) is 14.1. The molecule has 0 saturated heterocycles.